The highest BCUT2D eigenvalue weighted by Gasteiger charge is 2.20. The molecule has 0 atom stereocenters. The molecule has 0 saturated carbocycles. The summed E-state index contributed by atoms with van der Waals surface area (Å²) in [6.45, 7) is 5.77. The third-order valence-corrected chi connectivity index (χ3v) is 4.55. The summed E-state index contributed by atoms with van der Waals surface area (Å²) in [5.41, 5.74) is 0. The van der Waals surface area contributed by atoms with Gasteiger partial charge in [-0.25, -0.2) is 18.1 Å². The molecule has 0 aliphatic carbocycles. The maximum Gasteiger partial charge on any atom is 0.244 e. The van der Waals surface area contributed by atoms with Gasteiger partial charge < -0.3 is 14.3 Å². The fourth-order valence-corrected chi connectivity index (χ4v) is 3.15. The minimum atomic E-state index is -3.55. The summed E-state index contributed by atoms with van der Waals surface area (Å²) in [5, 5.41) is 3.10. The fraction of sp³-hybridized carbons (Fsp3) is 0.462. The van der Waals surface area contributed by atoms with Crippen LogP contribution in [-0.2, 0) is 23.1 Å². The Kier molecular flexibility index (Phi) is 5.16. The second-order valence-corrected chi connectivity index (χ2v) is 6.35. The maximum atomic E-state index is 12.3. The van der Waals surface area contributed by atoms with E-state index in [1.54, 1.807) is 36.3 Å². The van der Waals surface area contributed by atoms with Crippen molar-refractivity contribution in [3.63, 3.8) is 0 Å². The van der Waals surface area contributed by atoms with Crippen molar-refractivity contribution in [3.8, 4) is 0 Å². The molecule has 0 fully saturated rings. The average molecular weight is 312 g/mol. The number of sulfonamides is 1. The molecule has 0 unspecified atom stereocenters. The lowest BCUT2D eigenvalue weighted by Gasteiger charge is -2.05. The fourth-order valence-electron chi connectivity index (χ4n) is 1.93. The Morgan fingerprint density at radius 3 is 2.90 bits per heavy atom. The van der Waals surface area contributed by atoms with Crippen LogP contribution in [-0.4, -0.2) is 31.1 Å². The van der Waals surface area contributed by atoms with Crippen LogP contribution in [0.15, 0.2) is 34.1 Å². The van der Waals surface area contributed by atoms with Crippen LogP contribution in [0, 0.1) is 6.92 Å². The SMILES string of the molecule is CCNCc1cc(S(=O)(=O)NCCn2ccnc2)c(C)o1. The lowest BCUT2D eigenvalue weighted by molar-refractivity contribution is 0.460. The van der Waals surface area contributed by atoms with Crippen molar-refractivity contribution >= 4 is 10.0 Å². The number of nitrogens with one attached hydrogen (secondary N) is 2. The minimum Gasteiger partial charge on any atom is -0.464 e. The summed E-state index contributed by atoms with van der Waals surface area (Å²) < 4.78 is 34.3. The number of nitrogens with zero attached hydrogens (tertiary/aromatic N) is 2. The van der Waals surface area contributed by atoms with E-state index in [1.807, 2.05) is 6.92 Å². The second-order valence-electron chi connectivity index (χ2n) is 4.61. The third-order valence-electron chi connectivity index (χ3n) is 2.98. The summed E-state index contributed by atoms with van der Waals surface area (Å²) in [4.78, 5) is 4.10. The van der Waals surface area contributed by atoms with Crippen molar-refractivity contribution < 1.29 is 12.8 Å². The quantitative estimate of drug-likeness (QED) is 0.755. The van der Waals surface area contributed by atoms with E-state index in [-0.39, 0.29) is 4.90 Å². The highest BCUT2D eigenvalue weighted by atomic mass is 32.2. The van der Waals surface area contributed by atoms with E-state index in [9.17, 15) is 8.42 Å². The molecule has 21 heavy (non-hydrogen) atoms. The van der Waals surface area contributed by atoms with Gasteiger partial charge in [0.05, 0.1) is 12.9 Å². The Balaban J connectivity index is 1.99. The monoisotopic (exact) mass is 312 g/mol. The van der Waals surface area contributed by atoms with E-state index in [1.165, 1.54) is 0 Å². The highest BCUT2D eigenvalue weighted by Crippen LogP contribution is 2.19. The van der Waals surface area contributed by atoms with Crippen LogP contribution in [0.2, 0.25) is 0 Å². The zero-order valence-electron chi connectivity index (χ0n) is 12.2. The van der Waals surface area contributed by atoms with Crippen molar-refractivity contribution in [1.29, 1.82) is 0 Å². The molecule has 116 valence electrons. The number of hydrogen-bond acceptors (Lipinski definition) is 5. The van der Waals surface area contributed by atoms with Gasteiger partial charge in [-0.15, -0.1) is 0 Å². The summed E-state index contributed by atoms with van der Waals surface area (Å²) in [6, 6.07) is 1.57. The predicted molar refractivity (Wildman–Crippen MR) is 78.2 cm³/mol. The van der Waals surface area contributed by atoms with Crippen LogP contribution in [0.3, 0.4) is 0 Å². The van der Waals surface area contributed by atoms with Gasteiger partial charge in [0, 0.05) is 31.5 Å². The topological polar surface area (TPSA) is 89.2 Å². The van der Waals surface area contributed by atoms with Gasteiger partial charge in [-0.05, 0) is 13.5 Å². The van der Waals surface area contributed by atoms with Gasteiger partial charge in [0.2, 0.25) is 10.0 Å². The van der Waals surface area contributed by atoms with Crippen LogP contribution in [0.4, 0.5) is 0 Å². The normalized spacial score (nSPS) is 11.9. The molecular weight excluding hydrogens is 292 g/mol. The zero-order valence-corrected chi connectivity index (χ0v) is 13.0. The number of aryl methyl sites for hydroxylation is 1. The molecule has 8 heteroatoms. The Morgan fingerprint density at radius 1 is 1.43 bits per heavy atom. The number of hydrogen-bond donors (Lipinski definition) is 2. The smallest absolute Gasteiger partial charge is 0.244 e. The van der Waals surface area contributed by atoms with Crippen molar-refractivity contribution in [2.75, 3.05) is 13.1 Å². The van der Waals surface area contributed by atoms with E-state index in [0.717, 1.165) is 6.54 Å². The van der Waals surface area contributed by atoms with E-state index in [2.05, 4.69) is 15.0 Å². The molecule has 0 bridgehead atoms. The number of imidazole rings is 1. The lowest BCUT2D eigenvalue weighted by Crippen LogP contribution is -2.27. The van der Waals surface area contributed by atoms with Crippen molar-refractivity contribution in [2.24, 2.45) is 0 Å². The number of furan rings is 1. The van der Waals surface area contributed by atoms with Crippen LogP contribution >= 0.6 is 0 Å². The van der Waals surface area contributed by atoms with E-state index >= 15 is 0 Å². The molecule has 2 rings (SSSR count). The van der Waals surface area contributed by atoms with E-state index in [4.69, 9.17) is 4.42 Å². The molecule has 0 aromatic carbocycles. The van der Waals surface area contributed by atoms with Gasteiger partial charge in [0.15, 0.2) is 0 Å². The first-order chi connectivity index (χ1) is 10.0. The standard InChI is InChI=1S/C13H20N4O3S/c1-3-14-9-12-8-13(11(2)20-12)21(18,19)16-5-7-17-6-4-15-10-17/h4,6,8,10,14,16H,3,5,7,9H2,1-2H3. The summed E-state index contributed by atoms with van der Waals surface area (Å²) in [6.07, 6.45) is 5.08. The highest BCUT2D eigenvalue weighted by molar-refractivity contribution is 7.89. The predicted octanol–water partition coefficient (Wildman–Crippen LogP) is 0.873. The van der Waals surface area contributed by atoms with Crippen LogP contribution in [0.1, 0.15) is 18.4 Å². The van der Waals surface area contributed by atoms with Gasteiger partial charge in [-0.3, -0.25) is 0 Å². The number of rotatable bonds is 8. The molecular formula is C13H20N4O3S. The molecule has 7 nitrogen and oxygen atoms in total. The molecule has 2 aromatic heterocycles. The molecule has 0 radical (unpaired) electrons. The molecule has 0 amide bonds. The minimum absolute atomic E-state index is 0.195. The average Bonchev–Trinajstić information content (AvgIpc) is 3.06. The first-order valence-corrected chi connectivity index (χ1v) is 8.26. The van der Waals surface area contributed by atoms with Gasteiger partial charge >= 0.3 is 0 Å². The molecule has 0 aliphatic heterocycles. The van der Waals surface area contributed by atoms with Crippen molar-refractivity contribution in [3.05, 3.63) is 36.3 Å². The van der Waals surface area contributed by atoms with E-state index in [0.29, 0.717) is 31.2 Å². The maximum absolute atomic E-state index is 12.3. The Bertz CT molecular complexity index is 662. The molecule has 0 saturated heterocycles. The Hall–Kier alpha value is -1.64. The van der Waals surface area contributed by atoms with Crippen LogP contribution in [0.25, 0.3) is 0 Å². The molecule has 2 aromatic rings. The summed E-state index contributed by atoms with van der Waals surface area (Å²) in [7, 11) is -3.55. The molecule has 0 spiro atoms. The first kappa shape index (κ1) is 15.7. The Labute approximate surface area is 124 Å². The third kappa shape index (κ3) is 4.16. The summed E-state index contributed by atoms with van der Waals surface area (Å²) in [5.74, 6) is 1.02. The van der Waals surface area contributed by atoms with Gasteiger partial charge in [-0.2, -0.15) is 0 Å². The lowest BCUT2D eigenvalue weighted by atomic mass is 10.4. The first-order valence-electron chi connectivity index (χ1n) is 6.78. The second kappa shape index (κ2) is 6.88. The van der Waals surface area contributed by atoms with Crippen LogP contribution < -0.4 is 10.0 Å². The van der Waals surface area contributed by atoms with E-state index < -0.39 is 10.0 Å². The van der Waals surface area contributed by atoms with Gasteiger partial charge in [-0.1, -0.05) is 6.92 Å². The molecule has 2 heterocycles. The zero-order chi connectivity index (χ0) is 15.3. The van der Waals surface area contributed by atoms with Gasteiger partial charge in [0.1, 0.15) is 16.4 Å². The molecule has 2 N–H and O–H groups in total. The van der Waals surface area contributed by atoms with Crippen molar-refractivity contribution in [2.45, 2.75) is 31.8 Å². The number of aromatic nitrogens is 2. The van der Waals surface area contributed by atoms with Crippen LogP contribution in [0.5, 0.6) is 0 Å². The Morgan fingerprint density at radius 2 is 2.24 bits per heavy atom. The van der Waals surface area contributed by atoms with Gasteiger partial charge in [0.25, 0.3) is 0 Å². The molecule has 0 aliphatic rings. The summed E-state index contributed by atoms with van der Waals surface area (Å²) >= 11 is 0. The van der Waals surface area contributed by atoms with Crippen molar-refractivity contribution in [1.82, 2.24) is 19.6 Å². The largest absolute Gasteiger partial charge is 0.464 e.